The SMILES string of the molecule is CCCCB1OCC(C(=O)N(C)C)O1.CN(C)C=O. The van der Waals surface area contributed by atoms with Gasteiger partial charge in [-0.3, -0.25) is 9.59 Å². The van der Waals surface area contributed by atoms with Crippen molar-refractivity contribution in [2.24, 2.45) is 0 Å². The van der Waals surface area contributed by atoms with Crippen LogP contribution in [0.25, 0.3) is 0 Å². The molecule has 0 saturated carbocycles. The Kier molecular flexibility index (Phi) is 9.25. The molecule has 1 atom stereocenters. The van der Waals surface area contributed by atoms with E-state index in [2.05, 4.69) is 6.92 Å². The van der Waals surface area contributed by atoms with Gasteiger partial charge in [0.1, 0.15) is 6.10 Å². The van der Waals surface area contributed by atoms with Crippen molar-refractivity contribution in [3.8, 4) is 0 Å². The van der Waals surface area contributed by atoms with Crippen LogP contribution < -0.4 is 0 Å². The van der Waals surface area contributed by atoms with E-state index in [0.29, 0.717) is 6.61 Å². The predicted molar refractivity (Wildman–Crippen MR) is 74.7 cm³/mol. The van der Waals surface area contributed by atoms with Gasteiger partial charge in [-0.25, -0.2) is 0 Å². The molecule has 1 unspecified atom stereocenters. The van der Waals surface area contributed by atoms with Gasteiger partial charge in [-0.15, -0.1) is 0 Å². The average molecular weight is 272 g/mol. The summed E-state index contributed by atoms with van der Waals surface area (Å²) in [6.45, 7) is 2.52. The standard InChI is InChI=1S/C9H18BNO3.C3H7NO/c1-4-5-6-10-13-7-8(14-10)9(12)11(2)3;1-4(2)3-5/h8H,4-7H2,1-3H3;3H,1-2H3. The highest BCUT2D eigenvalue weighted by molar-refractivity contribution is 6.45. The van der Waals surface area contributed by atoms with Gasteiger partial charge in [0.2, 0.25) is 6.41 Å². The summed E-state index contributed by atoms with van der Waals surface area (Å²) < 4.78 is 10.8. The lowest BCUT2D eigenvalue weighted by atomic mass is 9.83. The summed E-state index contributed by atoms with van der Waals surface area (Å²) in [4.78, 5) is 23.9. The van der Waals surface area contributed by atoms with E-state index in [1.54, 1.807) is 28.2 Å². The Labute approximate surface area is 116 Å². The Bertz CT molecular complexity index is 274. The van der Waals surface area contributed by atoms with Crippen LogP contribution in [0.15, 0.2) is 0 Å². The van der Waals surface area contributed by atoms with Crippen LogP contribution in [0.4, 0.5) is 0 Å². The van der Waals surface area contributed by atoms with Gasteiger partial charge in [0, 0.05) is 28.2 Å². The minimum absolute atomic E-state index is 0.0102. The first-order valence-electron chi connectivity index (χ1n) is 6.52. The summed E-state index contributed by atoms with van der Waals surface area (Å²) >= 11 is 0. The summed E-state index contributed by atoms with van der Waals surface area (Å²) in [6, 6.07) is 0. The van der Waals surface area contributed by atoms with Gasteiger partial charge in [-0.05, 0) is 6.32 Å². The van der Waals surface area contributed by atoms with E-state index in [0.717, 1.165) is 25.6 Å². The van der Waals surface area contributed by atoms with Crippen LogP contribution in [0.2, 0.25) is 6.32 Å². The smallest absolute Gasteiger partial charge is 0.408 e. The van der Waals surface area contributed by atoms with Crippen LogP contribution >= 0.6 is 0 Å². The molecule has 19 heavy (non-hydrogen) atoms. The fourth-order valence-electron chi connectivity index (χ4n) is 1.40. The van der Waals surface area contributed by atoms with Crippen LogP contribution in [0.3, 0.4) is 0 Å². The van der Waals surface area contributed by atoms with Crippen LogP contribution in [0, 0.1) is 0 Å². The lowest BCUT2D eigenvalue weighted by Gasteiger charge is -2.14. The molecule has 0 aromatic heterocycles. The number of carbonyl (C=O) groups excluding carboxylic acids is 2. The van der Waals surface area contributed by atoms with E-state index in [1.807, 2.05) is 0 Å². The predicted octanol–water partition coefficient (Wildman–Crippen LogP) is 0.483. The van der Waals surface area contributed by atoms with E-state index in [9.17, 15) is 9.59 Å². The van der Waals surface area contributed by atoms with Gasteiger partial charge in [0.15, 0.2) is 0 Å². The lowest BCUT2D eigenvalue weighted by Crippen LogP contribution is -2.35. The molecule has 0 aromatic rings. The zero-order valence-electron chi connectivity index (χ0n) is 12.6. The van der Waals surface area contributed by atoms with Crippen LogP contribution in [0.5, 0.6) is 0 Å². The monoisotopic (exact) mass is 272 g/mol. The molecule has 2 amide bonds. The highest BCUT2D eigenvalue weighted by atomic mass is 16.6. The Morgan fingerprint density at radius 3 is 2.37 bits per heavy atom. The number of hydrogen-bond acceptors (Lipinski definition) is 4. The number of likely N-dealkylation sites (N-methyl/N-ethyl adjacent to an activating group) is 1. The first-order chi connectivity index (χ1) is 8.92. The molecule has 6 nitrogen and oxygen atoms in total. The first-order valence-corrected chi connectivity index (χ1v) is 6.52. The molecule has 0 aliphatic carbocycles. The highest BCUT2D eigenvalue weighted by Gasteiger charge is 2.35. The number of amides is 2. The molecular weight excluding hydrogens is 247 g/mol. The summed E-state index contributed by atoms with van der Waals surface area (Å²) in [5.74, 6) is -0.0102. The molecular formula is C12H25BN2O4. The fourth-order valence-corrected chi connectivity index (χ4v) is 1.40. The second kappa shape index (κ2) is 9.80. The third-order valence-corrected chi connectivity index (χ3v) is 2.47. The molecule has 0 aromatic carbocycles. The Balaban J connectivity index is 0.000000555. The number of carbonyl (C=O) groups is 2. The molecule has 0 spiro atoms. The molecule has 1 aliphatic rings. The largest absolute Gasteiger partial charge is 0.457 e. The Morgan fingerprint density at radius 1 is 1.37 bits per heavy atom. The summed E-state index contributed by atoms with van der Waals surface area (Å²) in [5, 5.41) is 0. The second-order valence-corrected chi connectivity index (χ2v) is 4.83. The number of hydrogen-bond donors (Lipinski definition) is 0. The normalized spacial score (nSPS) is 17.5. The molecule has 1 fully saturated rings. The van der Waals surface area contributed by atoms with E-state index < -0.39 is 6.10 Å². The first kappa shape index (κ1) is 17.9. The molecule has 1 heterocycles. The Morgan fingerprint density at radius 2 is 1.95 bits per heavy atom. The number of unbranched alkanes of at least 4 members (excludes halogenated alkanes) is 1. The highest BCUT2D eigenvalue weighted by Crippen LogP contribution is 2.15. The molecule has 1 aliphatic heterocycles. The molecule has 1 rings (SSSR count). The van der Waals surface area contributed by atoms with Crippen molar-refractivity contribution in [2.75, 3.05) is 34.8 Å². The molecule has 1 saturated heterocycles. The van der Waals surface area contributed by atoms with Crippen molar-refractivity contribution in [2.45, 2.75) is 32.2 Å². The zero-order chi connectivity index (χ0) is 14.8. The van der Waals surface area contributed by atoms with Gasteiger partial charge in [-0.2, -0.15) is 0 Å². The van der Waals surface area contributed by atoms with Crippen molar-refractivity contribution in [3.63, 3.8) is 0 Å². The fraction of sp³-hybridized carbons (Fsp3) is 0.833. The average Bonchev–Trinajstić information content (AvgIpc) is 2.84. The maximum Gasteiger partial charge on any atom is 0.457 e. The molecule has 0 bridgehead atoms. The van der Waals surface area contributed by atoms with Crippen LogP contribution in [0.1, 0.15) is 19.8 Å². The van der Waals surface area contributed by atoms with Crippen molar-refractivity contribution >= 4 is 19.4 Å². The van der Waals surface area contributed by atoms with Gasteiger partial charge >= 0.3 is 7.12 Å². The minimum atomic E-state index is -0.396. The maximum atomic E-state index is 11.5. The number of rotatable bonds is 5. The minimum Gasteiger partial charge on any atom is -0.408 e. The molecule has 7 heteroatoms. The van der Waals surface area contributed by atoms with Crippen molar-refractivity contribution < 1.29 is 18.9 Å². The topological polar surface area (TPSA) is 59.1 Å². The van der Waals surface area contributed by atoms with E-state index in [1.165, 1.54) is 9.80 Å². The van der Waals surface area contributed by atoms with Crippen molar-refractivity contribution in [1.29, 1.82) is 0 Å². The Hall–Kier alpha value is -1.08. The van der Waals surface area contributed by atoms with E-state index in [4.69, 9.17) is 9.31 Å². The molecule has 0 radical (unpaired) electrons. The second-order valence-electron chi connectivity index (χ2n) is 4.83. The maximum absolute atomic E-state index is 11.5. The third-order valence-electron chi connectivity index (χ3n) is 2.47. The van der Waals surface area contributed by atoms with Crippen LogP contribution in [-0.4, -0.2) is 70.1 Å². The molecule has 0 N–H and O–H groups in total. The summed E-state index contributed by atoms with van der Waals surface area (Å²) in [6.07, 6.45) is 3.43. The van der Waals surface area contributed by atoms with E-state index >= 15 is 0 Å². The number of nitrogens with zero attached hydrogens (tertiary/aromatic N) is 2. The lowest BCUT2D eigenvalue weighted by molar-refractivity contribution is -0.135. The summed E-state index contributed by atoms with van der Waals surface area (Å²) in [5.41, 5.74) is 0. The van der Waals surface area contributed by atoms with E-state index in [-0.39, 0.29) is 13.0 Å². The van der Waals surface area contributed by atoms with Gasteiger partial charge in [0.25, 0.3) is 5.91 Å². The van der Waals surface area contributed by atoms with Gasteiger partial charge < -0.3 is 19.1 Å². The van der Waals surface area contributed by atoms with Gasteiger partial charge in [0.05, 0.1) is 6.61 Å². The zero-order valence-corrected chi connectivity index (χ0v) is 12.6. The van der Waals surface area contributed by atoms with Gasteiger partial charge in [-0.1, -0.05) is 19.8 Å². The van der Waals surface area contributed by atoms with Crippen molar-refractivity contribution in [1.82, 2.24) is 9.80 Å². The quantitative estimate of drug-likeness (QED) is 0.539. The summed E-state index contributed by atoms with van der Waals surface area (Å²) in [7, 11) is 6.65. The van der Waals surface area contributed by atoms with Crippen molar-refractivity contribution in [3.05, 3.63) is 0 Å². The van der Waals surface area contributed by atoms with Crippen LogP contribution in [-0.2, 0) is 18.9 Å². The molecule has 110 valence electrons. The third kappa shape index (κ3) is 7.84.